The van der Waals surface area contributed by atoms with Crippen LogP contribution in [0, 0.1) is 6.92 Å². The molecule has 2 N–H and O–H groups in total. The van der Waals surface area contributed by atoms with Crippen LogP contribution >= 0.6 is 15.9 Å². The second-order valence-corrected chi connectivity index (χ2v) is 5.13. The number of nitrogens with zero attached hydrogens (tertiary/aromatic N) is 1. The van der Waals surface area contributed by atoms with Crippen molar-refractivity contribution in [3.8, 4) is 0 Å². The van der Waals surface area contributed by atoms with Crippen LogP contribution in [0.15, 0.2) is 16.9 Å². The van der Waals surface area contributed by atoms with Crippen LogP contribution in [0.2, 0.25) is 0 Å². The van der Waals surface area contributed by atoms with Gasteiger partial charge in [0.2, 0.25) is 5.91 Å². The molecular weight excluding hydrogens is 298 g/mol. The van der Waals surface area contributed by atoms with Gasteiger partial charge in [-0.2, -0.15) is 0 Å². The van der Waals surface area contributed by atoms with Crippen molar-refractivity contribution in [2.45, 2.75) is 25.5 Å². The van der Waals surface area contributed by atoms with Crippen molar-refractivity contribution in [2.24, 2.45) is 0 Å². The lowest BCUT2D eigenvalue weighted by molar-refractivity contribution is -0.118. The molecule has 2 atom stereocenters. The van der Waals surface area contributed by atoms with E-state index in [0.717, 1.165) is 10.2 Å². The lowest BCUT2D eigenvalue weighted by Crippen LogP contribution is -2.35. The normalized spacial score (nSPS) is 23.1. The minimum atomic E-state index is -0.195. The van der Waals surface area contributed by atoms with Gasteiger partial charge in [-0.05, 0) is 40.9 Å². The first-order valence-electron chi connectivity index (χ1n) is 5.79. The predicted octanol–water partition coefficient (Wildman–Crippen LogP) is 1.47. The Morgan fingerprint density at radius 3 is 3.06 bits per heavy atom. The molecule has 2 unspecified atom stereocenters. The fraction of sp³-hybridized carbons (Fsp3) is 0.500. The highest BCUT2D eigenvalue weighted by atomic mass is 79.9. The fourth-order valence-electron chi connectivity index (χ4n) is 1.94. The average Bonchev–Trinajstić information content (AvgIpc) is 2.82. The average molecular weight is 314 g/mol. The number of aromatic nitrogens is 1. The van der Waals surface area contributed by atoms with Gasteiger partial charge in [0.25, 0.3) is 0 Å². The number of pyridine rings is 1. The van der Waals surface area contributed by atoms with E-state index in [4.69, 9.17) is 4.74 Å². The van der Waals surface area contributed by atoms with Crippen LogP contribution in [-0.2, 0) is 9.53 Å². The molecule has 0 aromatic carbocycles. The van der Waals surface area contributed by atoms with E-state index in [-0.39, 0.29) is 18.1 Å². The summed E-state index contributed by atoms with van der Waals surface area (Å²) in [6, 6.07) is 1.69. The molecule has 0 radical (unpaired) electrons. The van der Waals surface area contributed by atoms with Crippen molar-refractivity contribution in [1.82, 2.24) is 10.3 Å². The van der Waals surface area contributed by atoms with Crippen molar-refractivity contribution in [3.63, 3.8) is 0 Å². The van der Waals surface area contributed by atoms with Gasteiger partial charge in [-0.25, -0.2) is 4.98 Å². The standard InChI is InChI=1S/C12H16BrN3O2/c1-7-3-8(5-15-11(7)13)16-12(17)10-4-9(18-2)6-14-10/h3,5,9-10,14H,4,6H2,1-2H3,(H,16,17). The summed E-state index contributed by atoms with van der Waals surface area (Å²) in [5.41, 5.74) is 1.70. The Kier molecular flexibility index (Phi) is 4.31. The highest BCUT2D eigenvalue weighted by Crippen LogP contribution is 2.18. The molecule has 6 heteroatoms. The maximum Gasteiger partial charge on any atom is 0.241 e. The summed E-state index contributed by atoms with van der Waals surface area (Å²) in [4.78, 5) is 16.2. The molecule has 1 saturated heterocycles. The quantitative estimate of drug-likeness (QED) is 0.830. The molecule has 1 amide bonds. The summed E-state index contributed by atoms with van der Waals surface area (Å²) < 4.78 is 6.01. The third-order valence-corrected chi connectivity index (χ3v) is 3.85. The summed E-state index contributed by atoms with van der Waals surface area (Å²) in [6.45, 7) is 2.65. The largest absolute Gasteiger partial charge is 0.380 e. The maximum absolute atomic E-state index is 12.0. The number of hydrogen-bond acceptors (Lipinski definition) is 4. The summed E-state index contributed by atoms with van der Waals surface area (Å²) in [5.74, 6) is -0.0435. The van der Waals surface area contributed by atoms with Crippen molar-refractivity contribution < 1.29 is 9.53 Å². The summed E-state index contributed by atoms with van der Waals surface area (Å²) in [6.07, 6.45) is 2.45. The van der Waals surface area contributed by atoms with Crippen LogP contribution in [0.4, 0.5) is 5.69 Å². The highest BCUT2D eigenvalue weighted by molar-refractivity contribution is 9.10. The molecule has 2 rings (SSSR count). The lowest BCUT2D eigenvalue weighted by atomic mass is 10.2. The number of carbonyl (C=O) groups is 1. The number of methoxy groups -OCH3 is 1. The number of nitrogens with one attached hydrogen (secondary N) is 2. The number of amides is 1. The Morgan fingerprint density at radius 2 is 2.44 bits per heavy atom. The molecule has 5 nitrogen and oxygen atoms in total. The smallest absolute Gasteiger partial charge is 0.241 e. The molecule has 0 spiro atoms. The number of halogens is 1. The third-order valence-electron chi connectivity index (χ3n) is 3.02. The molecule has 1 aliphatic rings. The number of rotatable bonds is 3. The minimum Gasteiger partial charge on any atom is -0.380 e. The van der Waals surface area contributed by atoms with E-state index in [1.165, 1.54) is 0 Å². The molecule has 98 valence electrons. The predicted molar refractivity (Wildman–Crippen MR) is 72.5 cm³/mol. The van der Waals surface area contributed by atoms with Crippen molar-refractivity contribution in [1.29, 1.82) is 0 Å². The number of aryl methyl sites for hydroxylation is 1. The maximum atomic E-state index is 12.0. The van der Waals surface area contributed by atoms with Gasteiger partial charge >= 0.3 is 0 Å². The molecule has 2 heterocycles. The molecule has 1 aliphatic heterocycles. The number of carbonyl (C=O) groups excluding carboxylic acids is 1. The van der Waals surface area contributed by atoms with Gasteiger partial charge in [0.15, 0.2) is 0 Å². The van der Waals surface area contributed by atoms with E-state index in [1.807, 2.05) is 13.0 Å². The van der Waals surface area contributed by atoms with Gasteiger partial charge in [-0.3, -0.25) is 4.79 Å². The Balaban J connectivity index is 1.97. The Bertz CT molecular complexity index is 453. The van der Waals surface area contributed by atoms with Crippen LogP contribution in [0.25, 0.3) is 0 Å². The Hall–Kier alpha value is -0.980. The van der Waals surface area contributed by atoms with Crippen LogP contribution in [0.5, 0.6) is 0 Å². The van der Waals surface area contributed by atoms with E-state index in [0.29, 0.717) is 18.7 Å². The zero-order chi connectivity index (χ0) is 13.1. The van der Waals surface area contributed by atoms with Crippen LogP contribution in [-0.4, -0.2) is 36.7 Å². The number of ether oxygens (including phenoxy) is 1. The van der Waals surface area contributed by atoms with E-state index in [9.17, 15) is 4.79 Å². The van der Waals surface area contributed by atoms with Crippen molar-refractivity contribution >= 4 is 27.5 Å². The zero-order valence-electron chi connectivity index (χ0n) is 10.4. The Morgan fingerprint density at radius 1 is 1.67 bits per heavy atom. The fourth-order valence-corrected chi connectivity index (χ4v) is 2.16. The van der Waals surface area contributed by atoms with Gasteiger partial charge in [0, 0.05) is 13.7 Å². The second-order valence-electron chi connectivity index (χ2n) is 4.38. The molecule has 1 aromatic heterocycles. The lowest BCUT2D eigenvalue weighted by Gasteiger charge is -2.11. The zero-order valence-corrected chi connectivity index (χ0v) is 12.0. The summed E-state index contributed by atoms with van der Waals surface area (Å²) in [7, 11) is 1.66. The first-order chi connectivity index (χ1) is 8.60. The topological polar surface area (TPSA) is 63.2 Å². The van der Waals surface area contributed by atoms with Crippen molar-refractivity contribution in [3.05, 3.63) is 22.4 Å². The van der Waals surface area contributed by atoms with Gasteiger partial charge < -0.3 is 15.4 Å². The molecule has 0 bridgehead atoms. The monoisotopic (exact) mass is 313 g/mol. The molecule has 1 aromatic rings. The van der Waals surface area contributed by atoms with Gasteiger partial charge in [-0.1, -0.05) is 0 Å². The first-order valence-corrected chi connectivity index (χ1v) is 6.58. The molecule has 18 heavy (non-hydrogen) atoms. The van der Waals surface area contributed by atoms with E-state index < -0.39 is 0 Å². The number of anilines is 1. The van der Waals surface area contributed by atoms with Crippen molar-refractivity contribution in [2.75, 3.05) is 19.0 Å². The third kappa shape index (κ3) is 3.07. The van der Waals surface area contributed by atoms with Crippen LogP contribution in [0.3, 0.4) is 0 Å². The Labute approximate surface area is 114 Å². The highest BCUT2D eigenvalue weighted by Gasteiger charge is 2.29. The first kappa shape index (κ1) is 13.5. The SMILES string of the molecule is COC1CNC(C(=O)Nc2cnc(Br)c(C)c2)C1. The molecular formula is C12H16BrN3O2. The molecule has 1 fully saturated rings. The summed E-state index contributed by atoms with van der Waals surface area (Å²) >= 11 is 3.33. The second kappa shape index (κ2) is 5.77. The molecule has 0 saturated carbocycles. The van der Waals surface area contributed by atoms with Gasteiger partial charge in [0.05, 0.1) is 24.0 Å². The summed E-state index contributed by atoms with van der Waals surface area (Å²) in [5, 5.41) is 5.99. The minimum absolute atomic E-state index is 0.0435. The van der Waals surface area contributed by atoms with E-state index in [1.54, 1.807) is 13.3 Å². The van der Waals surface area contributed by atoms with Crippen LogP contribution in [0.1, 0.15) is 12.0 Å². The van der Waals surface area contributed by atoms with E-state index >= 15 is 0 Å². The molecule has 0 aliphatic carbocycles. The van der Waals surface area contributed by atoms with E-state index in [2.05, 4.69) is 31.5 Å². The number of hydrogen-bond donors (Lipinski definition) is 2. The van der Waals surface area contributed by atoms with Gasteiger partial charge in [0.1, 0.15) is 4.60 Å². The van der Waals surface area contributed by atoms with Crippen LogP contribution < -0.4 is 10.6 Å². The van der Waals surface area contributed by atoms with Gasteiger partial charge in [-0.15, -0.1) is 0 Å².